The van der Waals surface area contributed by atoms with Gasteiger partial charge in [0.25, 0.3) is 5.91 Å². The normalized spacial score (nSPS) is 28.1. The lowest BCUT2D eigenvalue weighted by atomic mass is 9.85. The zero-order valence-electron chi connectivity index (χ0n) is 24.7. The lowest BCUT2D eigenvalue weighted by Crippen LogP contribution is -2.58. The quantitative estimate of drug-likeness (QED) is 0.517. The summed E-state index contributed by atoms with van der Waals surface area (Å²) in [6.07, 6.45) is 3.16. The molecule has 42 heavy (non-hydrogen) atoms. The standard InChI is InChI=1S/C29H36N6O6S/c1-27(2,3)34-16-18-15-19(7-8-22(18)42(34,38)39)32-24-23-20(10-14-31-25(23)36)35(33-24)29(12-13-30)11-9-21(40-17-29)26(37)41-28(4,5)6/h7-8,10,14-15,21,23H,9,11-12,16-17H2,1-6H3,(H,32,33)/t21-,23?,29-/m1/s1. The summed E-state index contributed by atoms with van der Waals surface area (Å²) in [7, 11) is -3.63. The highest BCUT2D eigenvalue weighted by molar-refractivity contribution is 7.89. The number of nitrogens with one attached hydrogen (secondary N) is 1. The molecule has 5 rings (SSSR count). The lowest BCUT2D eigenvalue weighted by molar-refractivity contribution is -0.178. The van der Waals surface area contributed by atoms with Crippen LogP contribution < -0.4 is 5.43 Å². The van der Waals surface area contributed by atoms with Gasteiger partial charge >= 0.3 is 5.97 Å². The highest BCUT2D eigenvalue weighted by Gasteiger charge is 2.52. The fraction of sp³-hybridized carbons (Fsp3) is 0.552. The molecular formula is C29H36N6O6S. The number of sulfonamides is 1. The number of esters is 1. The summed E-state index contributed by atoms with van der Waals surface area (Å²) in [6, 6.07) is 7.11. The first kappa shape index (κ1) is 29.9. The van der Waals surface area contributed by atoms with E-state index >= 15 is 0 Å². The number of nitriles is 1. The number of amides is 1. The number of carbonyl (C=O) groups excluding carboxylic acids is 2. The van der Waals surface area contributed by atoms with E-state index in [-0.39, 0.29) is 24.5 Å². The van der Waals surface area contributed by atoms with Crippen LogP contribution in [0.25, 0.3) is 0 Å². The molecule has 12 nitrogen and oxygen atoms in total. The lowest BCUT2D eigenvalue weighted by Gasteiger charge is -2.45. The molecule has 2 saturated heterocycles. The van der Waals surface area contributed by atoms with E-state index in [1.165, 1.54) is 10.5 Å². The Morgan fingerprint density at radius 1 is 1.29 bits per heavy atom. The minimum Gasteiger partial charge on any atom is -0.458 e. The number of hydrogen-bond acceptors (Lipinski definition) is 9. The van der Waals surface area contributed by atoms with Gasteiger partial charge in [-0.3, -0.25) is 15.2 Å². The van der Waals surface area contributed by atoms with Gasteiger partial charge in [-0.2, -0.15) is 9.57 Å². The Kier molecular flexibility index (Phi) is 7.32. The molecule has 0 radical (unpaired) electrons. The third kappa shape index (κ3) is 5.34. The van der Waals surface area contributed by atoms with Crippen LogP contribution in [-0.2, 0) is 35.6 Å². The molecule has 1 amide bonds. The molecule has 1 aromatic rings. The molecular weight excluding hydrogens is 560 g/mol. The van der Waals surface area contributed by atoms with Crippen molar-refractivity contribution in [2.45, 2.75) is 95.0 Å². The zero-order chi connectivity index (χ0) is 30.7. The largest absolute Gasteiger partial charge is 0.458 e. The number of nitrogens with zero attached hydrogens (tertiary/aromatic N) is 5. The first-order chi connectivity index (χ1) is 19.6. The molecule has 1 unspecified atom stereocenters. The van der Waals surface area contributed by atoms with Crippen molar-refractivity contribution < 1.29 is 27.5 Å². The van der Waals surface area contributed by atoms with Crippen LogP contribution in [0.4, 0.5) is 5.69 Å². The Hall–Kier alpha value is -3.60. The van der Waals surface area contributed by atoms with Gasteiger partial charge in [-0.25, -0.2) is 23.2 Å². The van der Waals surface area contributed by atoms with Crippen LogP contribution in [0, 0.1) is 17.2 Å². The number of fused-ring (bicyclic) bond motifs is 2. The molecule has 0 aliphatic carbocycles. The summed E-state index contributed by atoms with van der Waals surface area (Å²) < 4.78 is 39.1. The number of amidine groups is 1. The molecule has 13 heteroatoms. The maximum absolute atomic E-state index is 13.1. The number of hydrogen-bond donors (Lipinski definition) is 1. The molecule has 1 aromatic carbocycles. The molecule has 0 aromatic heterocycles. The van der Waals surface area contributed by atoms with Crippen molar-refractivity contribution in [2.75, 3.05) is 6.61 Å². The van der Waals surface area contributed by atoms with Crippen molar-refractivity contribution in [3.8, 4) is 6.07 Å². The van der Waals surface area contributed by atoms with Crippen molar-refractivity contribution in [1.29, 1.82) is 5.26 Å². The topological polar surface area (TPSA) is 154 Å². The van der Waals surface area contributed by atoms with E-state index < -0.39 is 50.6 Å². The fourth-order valence-electron chi connectivity index (χ4n) is 5.68. The molecule has 0 spiro atoms. The number of ether oxygens (including phenoxy) is 2. The Bertz CT molecular complexity index is 1550. The van der Waals surface area contributed by atoms with E-state index in [0.29, 0.717) is 35.6 Å². The van der Waals surface area contributed by atoms with Crippen LogP contribution in [0.3, 0.4) is 0 Å². The van der Waals surface area contributed by atoms with Crippen LogP contribution >= 0.6 is 0 Å². The van der Waals surface area contributed by atoms with Crippen LogP contribution in [-0.4, -0.2) is 71.0 Å². The van der Waals surface area contributed by atoms with Gasteiger partial charge in [0, 0.05) is 18.3 Å². The van der Waals surface area contributed by atoms with Gasteiger partial charge in [0.1, 0.15) is 17.4 Å². The average Bonchev–Trinajstić information content (AvgIpc) is 3.39. The van der Waals surface area contributed by atoms with Crippen LogP contribution in [0.5, 0.6) is 0 Å². The van der Waals surface area contributed by atoms with E-state index in [0.717, 1.165) is 0 Å². The molecule has 0 saturated carbocycles. The number of allylic oxidation sites excluding steroid dienone is 1. The maximum Gasteiger partial charge on any atom is 0.335 e. The van der Waals surface area contributed by atoms with Crippen LogP contribution in [0.15, 0.2) is 44.9 Å². The molecule has 4 heterocycles. The van der Waals surface area contributed by atoms with E-state index in [9.17, 15) is 23.3 Å². The Balaban J connectivity index is 1.45. The highest BCUT2D eigenvalue weighted by Crippen LogP contribution is 2.41. The summed E-state index contributed by atoms with van der Waals surface area (Å²) in [6.45, 7) is 11.2. The van der Waals surface area contributed by atoms with E-state index in [4.69, 9.17) is 14.5 Å². The predicted octanol–water partition coefficient (Wildman–Crippen LogP) is 3.12. The number of benzene rings is 1. The number of carbonyl (C=O) groups is 2. The summed E-state index contributed by atoms with van der Waals surface area (Å²) in [4.78, 5) is 34.6. The van der Waals surface area contributed by atoms with Crippen molar-refractivity contribution in [1.82, 2.24) is 14.7 Å². The first-order valence-corrected chi connectivity index (χ1v) is 15.3. The van der Waals surface area contributed by atoms with E-state index in [1.54, 1.807) is 50.1 Å². The molecule has 0 bridgehead atoms. The van der Waals surface area contributed by atoms with Gasteiger partial charge in [-0.1, -0.05) is 0 Å². The minimum atomic E-state index is -3.63. The monoisotopic (exact) mass is 596 g/mol. The third-order valence-electron chi connectivity index (χ3n) is 7.65. The Morgan fingerprint density at radius 2 is 2.02 bits per heavy atom. The van der Waals surface area contributed by atoms with Gasteiger partial charge in [0.2, 0.25) is 10.0 Å². The summed E-state index contributed by atoms with van der Waals surface area (Å²) in [5.74, 6) is -1.40. The van der Waals surface area contributed by atoms with E-state index in [1.807, 2.05) is 20.8 Å². The highest BCUT2D eigenvalue weighted by atomic mass is 32.2. The second-order valence-corrected chi connectivity index (χ2v) is 14.8. The summed E-state index contributed by atoms with van der Waals surface area (Å²) >= 11 is 0. The van der Waals surface area contributed by atoms with Crippen molar-refractivity contribution in [3.05, 3.63) is 35.5 Å². The second-order valence-electron chi connectivity index (χ2n) is 13.0. The van der Waals surface area contributed by atoms with Crippen LogP contribution in [0.1, 0.15) is 66.4 Å². The Labute approximate surface area is 246 Å². The predicted molar refractivity (Wildman–Crippen MR) is 154 cm³/mol. The van der Waals surface area contributed by atoms with Crippen molar-refractivity contribution in [2.24, 2.45) is 15.9 Å². The average molecular weight is 597 g/mol. The first-order valence-electron chi connectivity index (χ1n) is 13.9. The van der Waals surface area contributed by atoms with Crippen LogP contribution in [0.2, 0.25) is 0 Å². The molecule has 2 fully saturated rings. The smallest absolute Gasteiger partial charge is 0.335 e. The number of aliphatic imine (C=N–C) groups is 2. The van der Waals surface area contributed by atoms with Gasteiger partial charge in [0.05, 0.1) is 40.9 Å². The minimum absolute atomic E-state index is 0.0412. The Morgan fingerprint density at radius 3 is 2.64 bits per heavy atom. The van der Waals surface area contributed by atoms with E-state index in [2.05, 4.69) is 16.5 Å². The van der Waals surface area contributed by atoms with Gasteiger partial charge in [0.15, 0.2) is 6.10 Å². The molecule has 1 N–H and O–H groups in total. The van der Waals surface area contributed by atoms with Gasteiger partial charge in [-0.15, -0.1) is 0 Å². The summed E-state index contributed by atoms with van der Waals surface area (Å²) in [5, 5.41) is 11.5. The summed E-state index contributed by atoms with van der Waals surface area (Å²) in [5.41, 5.74) is 2.78. The second kappa shape index (κ2) is 10.3. The van der Waals surface area contributed by atoms with Gasteiger partial charge < -0.3 is 9.47 Å². The fourth-order valence-corrected chi connectivity index (χ4v) is 7.65. The molecule has 4 aliphatic heterocycles. The molecule has 4 aliphatic rings. The SMILES string of the molecule is CC(C)(C)OC(=O)[C@H]1CC[C@](CC#N)(N2NC(=Nc3ccc4c(c3)CN(C(C)(C)C)S4(=O)=O)C3C(=O)N=CC=C32)CO1. The number of dihydropyridines is 1. The van der Waals surface area contributed by atoms with Crippen molar-refractivity contribution >= 4 is 39.6 Å². The zero-order valence-corrected chi connectivity index (χ0v) is 25.5. The van der Waals surface area contributed by atoms with Gasteiger partial charge in [-0.05, 0) is 84.2 Å². The van der Waals surface area contributed by atoms with Crippen molar-refractivity contribution in [3.63, 3.8) is 0 Å². The molecule has 3 atom stereocenters. The number of rotatable bonds is 4. The third-order valence-corrected chi connectivity index (χ3v) is 9.86. The number of hydrazine groups is 1. The maximum atomic E-state index is 13.1. The molecule has 224 valence electrons.